The number of rotatable bonds is 3. The van der Waals surface area contributed by atoms with E-state index in [-0.39, 0.29) is 0 Å². The maximum Gasteiger partial charge on any atom is 0.0635 e. The van der Waals surface area contributed by atoms with E-state index in [9.17, 15) is 0 Å². The van der Waals surface area contributed by atoms with E-state index < -0.39 is 0 Å². The van der Waals surface area contributed by atoms with E-state index in [1.54, 1.807) is 0 Å². The van der Waals surface area contributed by atoms with Crippen molar-refractivity contribution < 1.29 is 9.47 Å². The Morgan fingerprint density at radius 3 is 2.06 bits per heavy atom. The van der Waals surface area contributed by atoms with Gasteiger partial charge in [-0.2, -0.15) is 0 Å². The van der Waals surface area contributed by atoms with Gasteiger partial charge in [-0.05, 0) is 36.0 Å². The summed E-state index contributed by atoms with van der Waals surface area (Å²) in [4.78, 5) is 0. The molecular formula is C16H30O2. The van der Waals surface area contributed by atoms with Crippen LogP contribution < -0.4 is 0 Å². The summed E-state index contributed by atoms with van der Waals surface area (Å²) in [5.41, 5.74) is 0.771. The first kappa shape index (κ1) is 14.3. The lowest BCUT2D eigenvalue weighted by Gasteiger charge is -2.49. The lowest BCUT2D eigenvalue weighted by atomic mass is 9.66. The van der Waals surface area contributed by atoms with E-state index in [1.807, 2.05) is 0 Å². The molecule has 2 heterocycles. The third kappa shape index (κ3) is 3.08. The van der Waals surface area contributed by atoms with Crippen molar-refractivity contribution in [2.75, 3.05) is 19.8 Å². The van der Waals surface area contributed by atoms with Crippen molar-refractivity contribution in [1.82, 2.24) is 0 Å². The zero-order valence-electron chi connectivity index (χ0n) is 12.8. The fraction of sp³-hybridized carbons (Fsp3) is 1.00. The monoisotopic (exact) mass is 254 g/mol. The van der Waals surface area contributed by atoms with Crippen LogP contribution in [-0.4, -0.2) is 25.9 Å². The summed E-state index contributed by atoms with van der Waals surface area (Å²) in [5.74, 6) is 1.53. The molecule has 0 saturated carbocycles. The third-order valence-electron chi connectivity index (χ3n) is 5.10. The van der Waals surface area contributed by atoms with E-state index >= 15 is 0 Å². The normalized spacial score (nSPS) is 31.2. The fourth-order valence-electron chi connectivity index (χ4n) is 3.50. The fourth-order valence-corrected chi connectivity index (χ4v) is 3.50. The molecule has 106 valence electrons. The Hall–Kier alpha value is -0.0800. The summed E-state index contributed by atoms with van der Waals surface area (Å²) >= 11 is 0. The van der Waals surface area contributed by atoms with Crippen molar-refractivity contribution in [3.8, 4) is 0 Å². The Bertz CT molecular complexity index is 271. The smallest absolute Gasteiger partial charge is 0.0635 e. The Labute approximate surface area is 112 Å². The minimum Gasteiger partial charge on any atom is -0.381 e. The summed E-state index contributed by atoms with van der Waals surface area (Å²) in [6.45, 7) is 14.7. The molecule has 0 bridgehead atoms. The number of hydrogen-bond acceptors (Lipinski definition) is 2. The molecule has 2 saturated heterocycles. The molecule has 2 atom stereocenters. The standard InChI is InChI=1S/C16H30O2/c1-15(2,3)13-11-18-14(13)10-16(4,5)12-6-8-17-9-7-12/h12-14H,6-11H2,1-5H3. The second-order valence-corrected chi connectivity index (χ2v) is 7.92. The molecule has 0 aromatic heterocycles. The van der Waals surface area contributed by atoms with E-state index in [2.05, 4.69) is 34.6 Å². The van der Waals surface area contributed by atoms with Crippen molar-refractivity contribution in [2.45, 2.75) is 60.0 Å². The van der Waals surface area contributed by atoms with Gasteiger partial charge in [0.1, 0.15) is 0 Å². The van der Waals surface area contributed by atoms with Crippen LogP contribution in [0.3, 0.4) is 0 Å². The van der Waals surface area contributed by atoms with Crippen LogP contribution >= 0.6 is 0 Å². The van der Waals surface area contributed by atoms with Crippen LogP contribution in [0.4, 0.5) is 0 Å². The SMILES string of the molecule is CC(C)(C)C1COC1CC(C)(C)C1CCOCC1. The van der Waals surface area contributed by atoms with Crippen LogP contribution in [0.1, 0.15) is 53.9 Å². The van der Waals surface area contributed by atoms with Crippen LogP contribution in [0.5, 0.6) is 0 Å². The second-order valence-electron chi connectivity index (χ2n) is 7.92. The molecule has 2 unspecified atom stereocenters. The van der Waals surface area contributed by atoms with Crippen LogP contribution in [0, 0.1) is 22.7 Å². The average Bonchev–Trinajstić information content (AvgIpc) is 2.23. The Morgan fingerprint density at radius 2 is 1.61 bits per heavy atom. The highest BCUT2D eigenvalue weighted by Gasteiger charge is 2.44. The summed E-state index contributed by atoms with van der Waals surface area (Å²) < 4.78 is 11.3. The van der Waals surface area contributed by atoms with Crippen LogP contribution in [0.15, 0.2) is 0 Å². The van der Waals surface area contributed by atoms with Crippen molar-refractivity contribution in [3.05, 3.63) is 0 Å². The van der Waals surface area contributed by atoms with Gasteiger partial charge in [-0.1, -0.05) is 34.6 Å². The van der Waals surface area contributed by atoms with Crippen molar-refractivity contribution >= 4 is 0 Å². The maximum absolute atomic E-state index is 5.87. The lowest BCUT2D eigenvalue weighted by molar-refractivity contribution is -0.174. The van der Waals surface area contributed by atoms with Gasteiger partial charge in [0, 0.05) is 19.1 Å². The molecule has 18 heavy (non-hydrogen) atoms. The predicted octanol–water partition coefficient (Wildman–Crippen LogP) is 3.89. The quantitative estimate of drug-likeness (QED) is 0.760. The van der Waals surface area contributed by atoms with Crippen molar-refractivity contribution in [2.24, 2.45) is 22.7 Å². The van der Waals surface area contributed by atoms with Crippen LogP contribution in [-0.2, 0) is 9.47 Å². The minimum atomic E-state index is 0.384. The summed E-state index contributed by atoms with van der Waals surface area (Å²) in [5, 5.41) is 0. The molecule has 2 aliphatic heterocycles. The van der Waals surface area contributed by atoms with E-state index in [4.69, 9.17) is 9.47 Å². The van der Waals surface area contributed by atoms with Gasteiger partial charge in [-0.25, -0.2) is 0 Å². The minimum absolute atomic E-state index is 0.384. The van der Waals surface area contributed by atoms with Gasteiger partial charge in [-0.15, -0.1) is 0 Å². The van der Waals surface area contributed by atoms with E-state index in [1.165, 1.54) is 19.3 Å². The highest BCUT2D eigenvalue weighted by Crippen LogP contribution is 2.45. The second kappa shape index (κ2) is 5.13. The molecule has 2 rings (SSSR count). The molecule has 0 radical (unpaired) electrons. The first-order valence-corrected chi connectivity index (χ1v) is 7.50. The predicted molar refractivity (Wildman–Crippen MR) is 74.6 cm³/mol. The summed E-state index contributed by atoms with van der Waals surface area (Å²) in [6.07, 6.45) is 4.13. The van der Waals surface area contributed by atoms with E-state index in [0.717, 1.165) is 31.7 Å². The Kier molecular flexibility index (Phi) is 4.08. The molecule has 0 aromatic rings. The van der Waals surface area contributed by atoms with Crippen molar-refractivity contribution in [3.63, 3.8) is 0 Å². The summed E-state index contributed by atoms with van der Waals surface area (Å²) in [6, 6.07) is 0. The lowest BCUT2D eigenvalue weighted by Crippen LogP contribution is -2.50. The molecule has 2 fully saturated rings. The van der Waals surface area contributed by atoms with Crippen molar-refractivity contribution in [1.29, 1.82) is 0 Å². The van der Waals surface area contributed by atoms with E-state index in [0.29, 0.717) is 16.9 Å². The molecule has 0 aliphatic carbocycles. The third-order valence-corrected chi connectivity index (χ3v) is 5.10. The Morgan fingerprint density at radius 1 is 1.00 bits per heavy atom. The molecule has 2 heteroatoms. The van der Waals surface area contributed by atoms with Gasteiger partial charge >= 0.3 is 0 Å². The Balaban J connectivity index is 1.91. The maximum atomic E-state index is 5.87. The van der Waals surface area contributed by atoms with Gasteiger partial charge < -0.3 is 9.47 Å². The number of ether oxygens (including phenoxy) is 2. The van der Waals surface area contributed by atoms with Gasteiger partial charge in [-0.3, -0.25) is 0 Å². The molecular weight excluding hydrogens is 224 g/mol. The van der Waals surface area contributed by atoms with Crippen LogP contribution in [0.2, 0.25) is 0 Å². The molecule has 0 spiro atoms. The zero-order valence-corrected chi connectivity index (χ0v) is 12.8. The largest absolute Gasteiger partial charge is 0.381 e. The van der Waals surface area contributed by atoms with Gasteiger partial charge in [0.25, 0.3) is 0 Å². The average molecular weight is 254 g/mol. The topological polar surface area (TPSA) is 18.5 Å². The van der Waals surface area contributed by atoms with Gasteiger partial charge in [0.05, 0.1) is 12.7 Å². The molecule has 2 aliphatic rings. The summed E-state index contributed by atoms with van der Waals surface area (Å²) in [7, 11) is 0. The molecule has 0 N–H and O–H groups in total. The zero-order chi connectivity index (χ0) is 13.4. The van der Waals surface area contributed by atoms with Gasteiger partial charge in [0.15, 0.2) is 0 Å². The highest BCUT2D eigenvalue weighted by atomic mass is 16.5. The first-order chi connectivity index (χ1) is 8.31. The molecule has 0 amide bonds. The highest BCUT2D eigenvalue weighted by molar-refractivity contribution is 4.92. The molecule has 2 nitrogen and oxygen atoms in total. The van der Waals surface area contributed by atoms with Crippen LogP contribution in [0.25, 0.3) is 0 Å². The molecule has 0 aromatic carbocycles. The number of hydrogen-bond donors (Lipinski definition) is 0. The first-order valence-electron chi connectivity index (χ1n) is 7.50. The van der Waals surface area contributed by atoms with Gasteiger partial charge in [0.2, 0.25) is 0 Å².